The topological polar surface area (TPSA) is 216 Å². The molecule has 15 heteroatoms. The van der Waals surface area contributed by atoms with Gasteiger partial charge in [0.05, 0.1) is 6.20 Å². The van der Waals surface area contributed by atoms with Gasteiger partial charge in [0.15, 0.2) is 0 Å². The Bertz CT molecular complexity index is 991. The van der Waals surface area contributed by atoms with Gasteiger partial charge < -0.3 is 36.7 Å². The lowest BCUT2D eigenvalue weighted by atomic mass is 10.1. The van der Waals surface area contributed by atoms with E-state index >= 15 is 0 Å². The van der Waals surface area contributed by atoms with Crippen LogP contribution in [0.3, 0.4) is 0 Å². The lowest BCUT2D eigenvalue weighted by Crippen LogP contribution is -2.55. The van der Waals surface area contributed by atoms with Gasteiger partial charge in [-0.3, -0.25) is 9.48 Å². The molecule has 1 heterocycles. The minimum absolute atomic E-state index is 0.0284. The van der Waals surface area contributed by atoms with Crippen LogP contribution < -0.4 is 22.1 Å². The second kappa shape index (κ2) is 12.1. The van der Waals surface area contributed by atoms with E-state index in [0.717, 1.165) is 4.90 Å². The fourth-order valence-electron chi connectivity index (χ4n) is 2.75. The zero-order chi connectivity index (χ0) is 27.8. The van der Waals surface area contributed by atoms with Crippen LogP contribution in [-0.4, -0.2) is 73.7 Å². The summed E-state index contributed by atoms with van der Waals surface area (Å²) in [7, 11) is 1.57. The Kier molecular flexibility index (Phi) is 10.1. The Hall–Kier alpha value is -4.04. The van der Waals surface area contributed by atoms with E-state index in [1.54, 1.807) is 48.6 Å². The fourth-order valence-corrected chi connectivity index (χ4v) is 2.75. The van der Waals surface area contributed by atoms with Gasteiger partial charge in [0, 0.05) is 13.6 Å². The smallest absolute Gasteiger partial charge is 0.437 e. The molecule has 1 aromatic heterocycles. The molecule has 0 bridgehead atoms. The number of guanidine groups is 1. The summed E-state index contributed by atoms with van der Waals surface area (Å²) in [6, 6.07) is -1.37. The van der Waals surface area contributed by atoms with Crippen molar-refractivity contribution in [3.63, 3.8) is 0 Å². The molecule has 202 valence electrons. The first-order chi connectivity index (χ1) is 16.4. The van der Waals surface area contributed by atoms with Crippen molar-refractivity contribution in [3.05, 3.63) is 6.20 Å². The highest BCUT2D eigenvalue weighted by Crippen LogP contribution is 2.20. The average Bonchev–Trinajstić information content (AvgIpc) is 2.98. The van der Waals surface area contributed by atoms with Crippen LogP contribution in [-0.2, 0) is 21.3 Å². The highest BCUT2D eigenvalue weighted by atomic mass is 16.6. The minimum Gasteiger partial charge on any atom is -0.465 e. The van der Waals surface area contributed by atoms with E-state index in [2.05, 4.69) is 20.7 Å². The van der Waals surface area contributed by atoms with Gasteiger partial charge in [0.2, 0.25) is 11.9 Å². The molecule has 0 saturated heterocycles. The number of aryl methyl sites for hydroxylation is 1. The number of carboxylic acid groups (broad SMARTS) is 1. The molecule has 4 amide bonds. The molecule has 0 spiro atoms. The number of hydrogen-bond acceptors (Lipinski definition) is 8. The average molecular weight is 513 g/mol. The summed E-state index contributed by atoms with van der Waals surface area (Å²) in [4.78, 5) is 53.9. The van der Waals surface area contributed by atoms with Crippen LogP contribution >= 0.6 is 0 Å². The van der Waals surface area contributed by atoms with Crippen LogP contribution in [0.15, 0.2) is 11.2 Å². The number of anilines is 2. The zero-order valence-corrected chi connectivity index (χ0v) is 21.6. The molecule has 0 unspecified atom stereocenters. The van der Waals surface area contributed by atoms with Crippen molar-refractivity contribution < 1.29 is 33.8 Å². The van der Waals surface area contributed by atoms with E-state index in [4.69, 9.17) is 26.0 Å². The molecule has 0 aromatic carbocycles. The van der Waals surface area contributed by atoms with Crippen molar-refractivity contribution in [1.82, 2.24) is 20.0 Å². The van der Waals surface area contributed by atoms with E-state index in [-0.39, 0.29) is 30.9 Å². The predicted octanol–water partition coefficient (Wildman–Crippen LogP) is 1.84. The third-order valence-electron chi connectivity index (χ3n) is 4.22. The normalized spacial score (nSPS) is 12.9. The highest BCUT2D eigenvalue weighted by Gasteiger charge is 2.36. The summed E-state index contributed by atoms with van der Waals surface area (Å²) in [5.41, 5.74) is 10.2. The Morgan fingerprint density at radius 2 is 1.75 bits per heavy atom. The summed E-state index contributed by atoms with van der Waals surface area (Å²) < 4.78 is 11.9. The number of amides is 4. The third kappa shape index (κ3) is 10.1. The second-order valence-corrected chi connectivity index (χ2v) is 9.75. The van der Waals surface area contributed by atoms with Crippen LogP contribution in [0.5, 0.6) is 0 Å². The maximum Gasteiger partial charge on any atom is 0.437 e. The maximum absolute atomic E-state index is 13.3. The predicted molar refractivity (Wildman–Crippen MR) is 131 cm³/mol. The summed E-state index contributed by atoms with van der Waals surface area (Å²) in [6.07, 6.45) is -2.06. The molecule has 0 aliphatic heterocycles. The van der Waals surface area contributed by atoms with Gasteiger partial charge in [-0.05, 0) is 54.4 Å². The molecule has 36 heavy (non-hydrogen) atoms. The van der Waals surface area contributed by atoms with Gasteiger partial charge in [0.1, 0.15) is 28.7 Å². The lowest BCUT2D eigenvalue weighted by molar-refractivity contribution is -0.120. The molecular weight excluding hydrogens is 476 g/mol. The van der Waals surface area contributed by atoms with E-state index in [1.807, 2.05) is 0 Å². The van der Waals surface area contributed by atoms with Gasteiger partial charge in [-0.1, -0.05) is 0 Å². The number of aliphatic imine (C=N–C) groups is 1. The Labute approximate surface area is 209 Å². The standard InChI is InChI=1S/C21H36N8O7/c1-20(2,3)35-18(33)27-16(23)29(19(34)36-21(4,5)6)13(9-8-10-24-17(31)32)15(30)26-12-11-25-28(7)14(12)22/h11,13,24H,8-10,22H2,1-7H3,(H,26,30)(H,31,32)(H2,23,27,33)/t13-/m0/s1. The Morgan fingerprint density at radius 1 is 1.17 bits per heavy atom. The van der Waals surface area contributed by atoms with Crippen molar-refractivity contribution >= 4 is 41.7 Å². The van der Waals surface area contributed by atoms with Gasteiger partial charge in [-0.15, -0.1) is 4.99 Å². The Balaban J connectivity index is 3.42. The number of hydrogen-bond donors (Lipinski definition) is 5. The van der Waals surface area contributed by atoms with Crippen molar-refractivity contribution in [2.75, 3.05) is 17.6 Å². The first kappa shape index (κ1) is 30.0. The molecule has 1 aromatic rings. The number of nitrogens with zero attached hydrogens (tertiary/aromatic N) is 4. The number of ether oxygens (including phenoxy) is 2. The SMILES string of the molecule is Cn1ncc(NC(=O)[C@H](CCCNC(=O)O)N(C(=O)OC(C)(C)C)C(N)=NC(=O)OC(C)(C)C)c1N. The molecule has 7 N–H and O–H groups in total. The van der Waals surface area contributed by atoms with E-state index in [9.17, 15) is 19.2 Å². The molecule has 0 fully saturated rings. The van der Waals surface area contributed by atoms with Crippen molar-refractivity contribution in [2.45, 2.75) is 71.6 Å². The molecule has 1 atom stereocenters. The molecule has 1 rings (SSSR count). The first-order valence-electron chi connectivity index (χ1n) is 11.1. The zero-order valence-electron chi connectivity index (χ0n) is 21.6. The summed E-state index contributed by atoms with van der Waals surface area (Å²) in [5, 5.41) is 17.5. The first-order valence-corrected chi connectivity index (χ1v) is 11.1. The highest BCUT2D eigenvalue weighted by molar-refractivity contribution is 6.05. The van der Waals surface area contributed by atoms with Crippen LogP contribution in [0, 0.1) is 0 Å². The third-order valence-corrected chi connectivity index (χ3v) is 4.22. The maximum atomic E-state index is 13.3. The molecule has 0 saturated carbocycles. The van der Waals surface area contributed by atoms with Crippen LogP contribution in [0.1, 0.15) is 54.4 Å². The largest absolute Gasteiger partial charge is 0.465 e. The number of nitrogens with one attached hydrogen (secondary N) is 2. The molecule has 0 aliphatic carbocycles. The summed E-state index contributed by atoms with van der Waals surface area (Å²) >= 11 is 0. The molecule has 0 aliphatic rings. The van der Waals surface area contributed by atoms with Crippen molar-refractivity contribution in [2.24, 2.45) is 17.8 Å². The van der Waals surface area contributed by atoms with Crippen molar-refractivity contribution in [1.29, 1.82) is 0 Å². The lowest BCUT2D eigenvalue weighted by Gasteiger charge is -2.32. The van der Waals surface area contributed by atoms with Gasteiger partial charge in [-0.25, -0.2) is 19.3 Å². The van der Waals surface area contributed by atoms with E-state index < -0.39 is 47.4 Å². The number of nitrogens with two attached hydrogens (primary N) is 2. The van der Waals surface area contributed by atoms with Crippen LogP contribution in [0.2, 0.25) is 0 Å². The number of rotatable bonds is 7. The number of aromatic nitrogens is 2. The van der Waals surface area contributed by atoms with Gasteiger partial charge >= 0.3 is 18.3 Å². The number of carbonyl (C=O) groups is 4. The molecule has 0 radical (unpaired) electrons. The fraction of sp³-hybridized carbons (Fsp3) is 0.619. The number of nitrogen functional groups attached to an aromatic ring is 1. The Morgan fingerprint density at radius 3 is 2.22 bits per heavy atom. The monoisotopic (exact) mass is 512 g/mol. The molecular formula is C21H36N8O7. The van der Waals surface area contributed by atoms with E-state index in [0.29, 0.717) is 0 Å². The molecule has 15 nitrogen and oxygen atoms in total. The van der Waals surface area contributed by atoms with Gasteiger partial charge in [0.25, 0.3) is 0 Å². The summed E-state index contributed by atoms with van der Waals surface area (Å²) in [5.74, 6) is -1.25. The van der Waals surface area contributed by atoms with Crippen LogP contribution in [0.4, 0.5) is 25.9 Å². The summed E-state index contributed by atoms with van der Waals surface area (Å²) in [6.45, 7) is 9.63. The minimum atomic E-state index is -1.37. The number of carbonyl (C=O) groups excluding carboxylic acids is 3. The quantitative estimate of drug-likeness (QED) is 0.203. The second-order valence-electron chi connectivity index (χ2n) is 9.75. The van der Waals surface area contributed by atoms with Crippen LogP contribution in [0.25, 0.3) is 0 Å². The van der Waals surface area contributed by atoms with Gasteiger partial charge in [-0.2, -0.15) is 5.10 Å². The van der Waals surface area contributed by atoms with Crippen molar-refractivity contribution in [3.8, 4) is 0 Å². The van der Waals surface area contributed by atoms with E-state index in [1.165, 1.54) is 10.9 Å².